The molecule has 0 aliphatic carbocycles. The van der Waals surface area contributed by atoms with Crippen molar-refractivity contribution in [2.24, 2.45) is 0 Å². The molecule has 4 aromatic carbocycles. The van der Waals surface area contributed by atoms with E-state index in [-0.39, 0.29) is 16.3 Å². The Balaban J connectivity index is 1.87. The van der Waals surface area contributed by atoms with Crippen molar-refractivity contribution in [1.29, 1.82) is 0 Å². The second-order valence-electron chi connectivity index (χ2n) is 9.64. The van der Waals surface area contributed by atoms with Crippen LogP contribution >= 0.6 is 0 Å². The van der Waals surface area contributed by atoms with Crippen LogP contribution < -0.4 is 10.9 Å². The van der Waals surface area contributed by atoms with E-state index in [2.05, 4.69) is 30.4 Å². The molecule has 0 saturated heterocycles. The second kappa shape index (κ2) is 5.24. The topological polar surface area (TPSA) is 51.7 Å². The van der Waals surface area contributed by atoms with Crippen molar-refractivity contribution in [3.05, 3.63) is 98.3 Å². The lowest BCUT2D eigenvalue weighted by atomic mass is 9.74. The summed E-state index contributed by atoms with van der Waals surface area (Å²) in [5, 5.41) is 4.09. The van der Waals surface area contributed by atoms with Gasteiger partial charge in [0.05, 0.1) is 21.9 Å². The quantitative estimate of drug-likeness (QED) is 0.217. The first kappa shape index (κ1) is 17.4. The number of benzene rings is 4. The third-order valence-electron chi connectivity index (χ3n) is 7.69. The summed E-state index contributed by atoms with van der Waals surface area (Å²) < 4.78 is 8.41. The van der Waals surface area contributed by atoms with E-state index in [0.29, 0.717) is 38.2 Å². The lowest BCUT2D eigenvalue weighted by molar-refractivity contribution is 0.642. The van der Waals surface area contributed by atoms with Crippen LogP contribution in [0.3, 0.4) is 0 Å². The predicted octanol–water partition coefficient (Wildman–Crippen LogP) is 6.10. The van der Waals surface area contributed by atoms with Crippen LogP contribution in [0.15, 0.2) is 80.7 Å². The van der Waals surface area contributed by atoms with E-state index < -0.39 is 0 Å². The fraction of sp³-hybridized carbons (Fsp3) is 0.103. The largest absolute Gasteiger partial charge is 0.455 e. The van der Waals surface area contributed by atoms with E-state index in [1.165, 1.54) is 0 Å². The van der Waals surface area contributed by atoms with E-state index in [1.54, 1.807) is 0 Å². The molecule has 7 aromatic rings. The molecule has 0 spiro atoms. The molecule has 4 nitrogen and oxygen atoms in total. The zero-order valence-corrected chi connectivity index (χ0v) is 18.0. The molecule has 1 aliphatic rings. The number of hydrogen-bond donors (Lipinski definition) is 0. The predicted molar refractivity (Wildman–Crippen MR) is 133 cm³/mol. The maximum atomic E-state index is 14.0. The van der Waals surface area contributed by atoms with Crippen LogP contribution in [0.4, 0.5) is 0 Å². The highest BCUT2D eigenvalue weighted by Crippen LogP contribution is 2.45. The molecule has 0 amide bonds. The molecule has 0 saturated carbocycles. The maximum absolute atomic E-state index is 14.0. The highest BCUT2D eigenvalue weighted by molar-refractivity contribution is 6.23. The van der Waals surface area contributed by atoms with Gasteiger partial charge in [0.25, 0.3) is 0 Å². The summed E-state index contributed by atoms with van der Waals surface area (Å²) in [6, 6.07) is 21.6. The number of hydrogen-bond acceptors (Lipinski definition) is 3. The first-order chi connectivity index (χ1) is 16.0. The van der Waals surface area contributed by atoms with Crippen molar-refractivity contribution in [3.8, 4) is 0 Å². The lowest BCUT2D eigenvalue weighted by Gasteiger charge is -2.34. The first-order valence-corrected chi connectivity index (χ1v) is 11.1. The Morgan fingerprint density at radius 2 is 1.30 bits per heavy atom. The minimum absolute atomic E-state index is 0.0436. The summed E-state index contributed by atoms with van der Waals surface area (Å²) in [6.07, 6.45) is 0. The first-order valence-electron chi connectivity index (χ1n) is 11.1. The summed E-state index contributed by atoms with van der Waals surface area (Å²) in [7, 11) is 0. The monoisotopic (exact) mass is 427 g/mol. The van der Waals surface area contributed by atoms with Gasteiger partial charge in [-0.15, -0.1) is 0 Å². The van der Waals surface area contributed by atoms with Gasteiger partial charge in [-0.2, -0.15) is 0 Å². The van der Waals surface area contributed by atoms with E-state index in [9.17, 15) is 9.59 Å². The summed E-state index contributed by atoms with van der Waals surface area (Å²) in [4.78, 5) is 27.9. The fourth-order valence-corrected chi connectivity index (χ4v) is 6.17. The van der Waals surface area contributed by atoms with Crippen LogP contribution in [0.25, 0.3) is 60.0 Å². The van der Waals surface area contributed by atoms with Crippen LogP contribution in [0.1, 0.15) is 25.0 Å². The number of fused-ring (bicyclic) bond motifs is 4. The summed E-state index contributed by atoms with van der Waals surface area (Å²) in [5.41, 5.74) is 5.42. The van der Waals surface area contributed by atoms with Crippen molar-refractivity contribution in [2.75, 3.05) is 0 Å². The molecule has 4 heterocycles. The molecule has 8 rings (SSSR count). The van der Waals surface area contributed by atoms with E-state index >= 15 is 0 Å². The molecule has 0 bridgehead atoms. The van der Waals surface area contributed by atoms with Gasteiger partial charge in [-0.05, 0) is 35.4 Å². The number of furan rings is 1. The van der Waals surface area contributed by atoms with Gasteiger partial charge in [0.15, 0.2) is 5.43 Å². The molecular weight excluding hydrogens is 410 g/mol. The van der Waals surface area contributed by atoms with Gasteiger partial charge in [0.2, 0.25) is 5.43 Å². The number of pyridine rings is 2. The van der Waals surface area contributed by atoms with Crippen molar-refractivity contribution in [1.82, 2.24) is 4.40 Å². The van der Waals surface area contributed by atoms with Gasteiger partial charge < -0.3 is 8.82 Å². The number of para-hydroxylation sites is 3. The van der Waals surface area contributed by atoms with Crippen LogP contribution in [0.5, 0.6) is 0 Å². The standard InChI is InChI=1S/C29H17NO3/c1-29(2)19-10-5-8-15-23(19)30-24-16(9-6-11-20(24)29)27(32)22-25(30)18(26(15)31)13-17-14-7-3-4-12-21(14)33-28(17)22/h3-13H,1-2H3. The highest BCUT2D eigenvalue weighted by Gasteiger charge is 2.35. The van der Waals surface area contributed by atoms with Gasteiger partial charge in [0.1, 0.15) is 11.2 Å². The van der Waals surface area contributed by atoms with Crippen molar-refractivity contribution >= 4 is 60.0 Å². The van der Waals surface area contributed by atoms with Crippen LogP contribution in [0, 0.1) is 0 Å². The third kappa shape index (κ3) is 1.75. The van der Waals surface area contributed by atoms with Crippen molar-refractivity contribution < 1.29 is 4.42 Å². The van der Waals surface area contributed by atoms with Crippen LogP contribution in [0.2, 0.25) is 0 Å². The zero-order valence-electron chi connectivity index (χ0n) is 18.0. The fourth-order valence-electron chi connectivity index (χ4n) is 6.17. The minimum atomic E-state index is -0.341. The lowest BCUT2D eigenvalue weighted by Crippen LogP contribution is -2.28. The Morgan fingerprint density at radius 1 is 0.667 bits per heavy atom. The molecule has 0 radical (unpaired) electrons. The van der Waals surface area contributed by atoms with Gasteiger partial charge in [-0.25, -0.2) is 0 Å². The average molecular weight is 427 g/mol. The van der Waals surface area contributed by atoms with Crippen molar-refractivity contribution in [3.63, 3.8) is 0 Å². The molecule has 156 valence electrons. The molecule has 0 atom stereocenters. The smallest absolute Gasteiger partial charge is 0.201 e. The Hall–Kier alpha value is -4.18. The molecule has 1 aliphatic heterocycles. The van der Waals surface area contributed by atoms with Gasteiger partial charge in [-0.3, -0.25) is 9.59 Å². The zero-order chi connectivity index (χ0) is 22.2. The Morgan fingerprint density at radius 3 is 2.03 bits per heavy atom. The highest BCUT2D eigenvalue weighted by atomic mass is 16.3. The van der Waals surface area contributed by atoms with E-state index in [0.717, 1.165) is 32.9 Å². The molecule has 0 N–H and O–H groups in total. The summed E-state index contributed by atoms with van der Waals surface area (Å²) >= 11 is 0. The molecular formula is C29H17NO3. The number of nitrogens with zero attached hydrogens (tertiary/aromatic N) is 1. The SMILES string of the molecule is CC1(C)c2cccc3c(=O)c4cc5c6ccccc6oc5c5c(=O)c6cccc1c6n(c23)c45. The third-order valence-corrected chi connectivity index (χ3v) is 7.69. The van der Waals surface area contributed by atoms with Gasteiger partial charge in [-0.1, -0.05) is 56.3 Å². The van der Waals surface area contributed by atoms with E-state index in [1.807, 2.05) is 54.6 Å². The van der Waals surface area contributed by atoms with Crippen molar-refractivity contribution in [2.45, 2.75) is 19.3 Å². The number of aromatic nitrogens is 1. The second-order valence-corrected chi connectivity index (χ2v) is 9.64. The summed E-state index contributed by atoms with van der Waals surface area (Å²) in [5.74, 6) is 0. The molecule has 4 heteroatoms. The Bertz CT molecular complexity index is 2120. The summed E-state index contributed by atoms with van der Waals surface area (Å²) in [6.45, 7) is 4.33. The molecule has 33 heavy (non-hydrogen) atoms. The number of rotatable bonds is 0. The minimum Gasteiger partial charge on any atom is -0.455 e. The molecule has 3 aromatic heterocycles. The molecule has 0 unspecified atom stereocenters. The normalized spacial score (nSPS) is 14.8. The Kier molecular flexibility index (Phi) is 2.76. The average Bonchev–Trinajstić information content (AvgIpc) is 3.20. The van der Waals surface area contributed by atoms with Gasteiger partial charge in [0, 0.05) is 32.3 Å². The van der Waals surface area contributed by atoms with Crippen LogP contribution in [-0.4, -0.2) is 4.40 Å². The van der Waals surface area contributed by atoms with Gasteiger partial charge >= 0.3 is 0 Å². The Labute approximate surface area is 186 Å². The van der Waals surface area contributed by atoms with E-state index in [4.69, 9.17) is 4.42 Å². The maximum Gasteiger partial charge on any atom is 0.201 e. The molecule has 0 fully saturated rings. The van der Waals surface area contributed by atoms with Crippen LogP contribution in [-0.2, 0) is 5.41 Å².